The fraction of sp³-hybridized carbons (Fsp3) is 0.364. The van der Waals surface area contributed by atoms with Crippen LogP contribution in [0.15, 0.2) is 29.2 Å². The van der Waals surface area contributed by atoms with E-state index in [0.29, 0.717) is 26.2 Å². The molecule has 1 aliphatic heterocycles. The second-order valence-electron chi connectivity index (χ2n) is 3.76. The van der Waals surface area contributed by atoms with Crippen LogP contribution in [-0.2, 0) is 10.0 Å². The van der Waals surface area contributed by atoms with E-state index in [0.717, 1.165) is 0 Å². The van der Waals surface area contributed by atoms with Crippen LogP contribution >= 0.6 is 0 Å². The van der Waals surface area contributed by atoms with Crippen LogP contribution in [0, 0.1) is 11.3 Å². The predicted octanol–water partition coefficient (Wildman–Crippen LogP) is 0.152. The normalized spacial score (nSPS) is 17.6. The molecule has 1 aromatic carbocycles. The van der Waals surface area contributed by atoms with Crippen molar-refractivity contribution in [3.8, 4) is 6.07 Å². The minimum atomic E-state index is -3.53. The van der Waals surface area contributed by atoms with E-state index in [1.807, 2.05) is 6.07 Å². The van der Waals surface area contributed by atoms with Crippen LogP contribution in [-0.4, -0.2) is 38.9 Å². The third kappa shape index (κ3) is 2.31. The first-order valence-electron chi connectivity index (χ1n) is 5.36. The summed E-state index contributed by atoms with van der Waals surface area (Å²) in [7, 11) is -3.53. The molecule has 2 rings (SSSR count). The summed E-state index contributed by atoms with van der Waals surface area (Å²) in [4.78, 5) is 0.101. The molecule has 1 saturated heterocycles. The molecule has 0 saturated carbocycles. The number of nitriles is 1. The summed E-state index contributed by atoms with van der Waals surface area (Å²) in [6.07, 6.45) is 0. The van der Waals surface area contributed by atoms with Gasteiger partial charge < -0.3 is 5.32 Å². The molecule has 0 amide bonds. The van der Waals surface area contributed by atoms with Gasteiger partial charge in [0.15, 0.2) is 0 Å². The van der Waals surface area contributed by atoms with Gasteiger partial charge in [0.05, 0.1) is 10.5 Å². The molecule has 0 spiro atoms. The van der Waals surface area contributed by atoms with E-state index in [4.69, 9.17) is 5.26 Å². The Labute approximate surface area is 101 Å². The summed E-state index contributed by atoms with van der Waals surface area (Å²) in [6, 6.07) is 8.22. The Morgan fingerprint density at radius 1 is 1.24 bits per heavy atom. The number of piperazine rings is 1. The molecule has 0 unspecified atom stereocenters. The van der Waals surface area contributed by atoms with Crippen LogP contribution in [0.25, 0.3) is 0 Å². The summed E-state index contributed by atoms with van der Waals surface area (Å²) >= 11 is 0. The van der Waals surface area contributed by atoms with Crippen molar-refractivity contribution in [3.63, 3.8) is 0 Å². The highest BCUT2D eigenvalue weighted by molar-refractivity contribution is 7.89. The van der Waals surface area contributed by atoms with Gasteiger partial charge in [-0.3, -0.25) is 0 Å². The third-order valence-corrected chi connectivity index (χ3v) is 4.66. The van der Waals surface area contributed by atoms with Gasteiger partial charge in [-0.15, -0.1) is 0 Å². The van der Waals surface area contributed by atoms with Crippen molar-refractivity contribution in [2.75, 3.05) is 26.2 Å². The van der Waals surface area contributed by atoms with Gasteiger partial charge in [-0.05, 0) is 12.1 Å². The third-order valence-electron chi connectivity index (χ3n) is 2.70. The van der Waals surface area contributed by atoms with Crippen molar-refractivity contribution < 1.29 is 8.42 Å². The molecule has 1 aromatic rings. The van der Waals surface area contributed by atoms with Crippen molar-refractivity contribution in [1.29, 1.82) is 5.26 Å². The number of benzene rings is 1. The number of hydrogen-bond acceptors (Lipinski definition) is 4. The number of sulfonamides is 1. The van der Waals surface area contributed by atoms with Crippen LogP contribution in [0.1, 0.15) is 5.56 Å². The van der Waals surface area contributed by atoms with Gasteiger partial charge in [0, 0.05) is 26.2 Å². The molecule has 0 bridgehead atoms. The minimum absolute atomic E-state index is 0.101. The molecule has 0 aliphatic carbocycles. The first-order valence-corrected chi connectivity index (χ1v) is 6.80. The average Bonchev–Trinajstić information content (AvgIpc) is 2.39. The Hall–Kier alpha value is -1.42. The SMILES string of the molecule is N#Cc1ccccc1S(=O)(=O)N1CCNCC1. The van der Waals surface area contributed by atoms with Crippen molar-refractivity contribution >= 4 is 10.0 Å². The smallest absolute Gasteiger partial charge is 0.244 e. The van der Waals surface area contributed by atoms with E-state index in [9.17, 15) is 8.42 Å². The molecule has 1 heterocycles. The van der Waals surface area contributed by atoms with E-state index in [2.05, 4.69) is 5.32 Å². The van der Waals surface area contributed by atoms with Crippen molar-refractivity contribution in [3.05, 3.63) is 29.8 Å². The van der Waals surface area contributed by atoms with Gasteiger partial charge in [0.25, 0.3) is 0 Å². The molecular formula is C11H13N3O2S. The molecule has 90 valence electrons. The monoisotopic (exact) mass is 251 g/mol. The highest BCUT2D eigenvalue weighted by Gasteiger charge is 2.27. The molecule has 1 fully saturated rings. The van der Waals surface area contributed by atoms with Gasteiger partial charge in [0.2, 0.25) is 10.0 Å². The Bertz CT molecular complexity index is 542. The van der Waals surface area contributed by atoms with Gasteiger partial charge in [-0.2, -0.15) is 9.57 Å². The standard InChI is InChI=1S/C11H13N3O2S/c12-9-10-3-1-2-4-11(10)17(15,16)14-7-5-13-6-8-14/h1-4,13H,5-8H2. The lowest BCUT2D eigenvalue weighted by Gasteiger charge is -2.26. The molecule has 5 nitrogen and oxygen atoms in total. The van der Waals surface area contributed by atoms with Crippen LogP contribution in [0.5, 0.6) is 0 Å². The molecular weight excluding hydrogens is 238 g/mol. The summed E-state index contributed by atoms with van der Waals surface area (Å²) in [5.41, 5.74) is 0.200. The second-order valence-corrected chi connectivity index (χ2v) is 5.67. The largest absolute Gasteiger partial charge is 0.314 e. The topological polar surface area (TPSA) is 73.2 Å². The lowest BCUT2D eigenvalue weighted by Crippen LogP contribution is -2.46. The Kier molecular flexibility index (Phi) is 3.43. The maximum Gasteiger partial charge on any atom is 0.244 e. The zero-order chi connectivity index (χ0) is 12.3. The van der Waals surface area contributed by atoms with Crippen molar-refractivity contribution in [1.82, 2.24) is 9.62 Å². The Morgan fingerprint density at radius 2 is 1.88 bits per heavy atom. The van der Waals surface area contributed by atoms with E-state index in [-0.39, 0.29) is 10.5 Å². The molecule has 17 heavy (non-hydrogen) atoms. The number of nitrogens with one attached hydrogen (secondary N) is 1. The van der Waals surface area contributed by atoms with Gasteiger partial charge >= 0.3 is 0 Å². The second kappa shape index (κ2) is 4.84. The summed E-state index contributed by atoms with van der Waals surface area (Å²) < 4.78 is 26.0. The van der Waals surface area contributed by atoms with Crippen molar-refractivity contribution in [2.24, 2.45) is 0 Å². The molecule has 0 aromatic heterocycles. The highest BCUT2D eigenvalue weighted by atomic mass is 32.2. The van der Waals surface area contributed by atoms with Crippen LogP contribution in [0.4, 0.5) is 0 Å². The van der Waals surface area contributed by atoms with Crippen LogP contribution in [0.2, 0.25) is 0 Å². The van der Waals surface area contributed by atoms with Crippen molar-refractivity contribution in [2.45, 2.75) is 4.90 Å². The lowest BCUT2D eigenvalue weighted by atomic mass is 10.2. The minimum Gasteiger partial charge on any atom is -0.314 e. The Balaban J connectivity index is 2.41. The molecule has 1 N–H and O–H groups in total. The van der Waals surface area contributed by atoms with E-state index >= 15 is 0 Å². The van der Waals surface area contributed by atoms with E-state index in [1.165, 1.54) is 16.4 Å². The Morgan fingerprint density at radius 3 is 2.53 bits per heavy atom. The zero-order valence-corrected chi connectivity index (χ0v) is 10.1. The van der Waals surface area contributed by atoms with E-state index in [1.54, 1.807) is 12.1 Å². The van der Waals surface area contributed by atoms with Crippen LogP contribution < -0.4 is 5.32 Å². The molecule has 1 aliphatic rings. The maximum absolute atomic E-state index is 12.3. The first-order chi connectivity index (χ1) is 8.16. The fourth-order valence-electron chi connectivity index (χ4n) is 1.81. The molecule has 6 heteroatoms. The predicted molar refractivity (Wildman–Crippen MR) is 62.8 cm³/mol. The van der Waals surface area contributed by atoms with Gasteiger partial charge in [0.1, 0.15) is 6.07 Å². The van der Waals surface area contributed by atoms with E-state index < -0.39 is 10.0 Å². The lowest BCUT2D eigenvalue weighted by molar-refractivity contribution is 0.360. The van der Waals surface area contributed by atoms with Gasteiger partial charge in [-0.1, -0.05) is 12.1 Å². The summed E-state index contributed by atoms with van der Waals surface area (Å²) in [5, 5.41) is 12.0. The van der Waals surface area contributed by atoms with Gasteiger partial charge in [-0.25, -0.2) is 8.42 Å². The molecule has 0 atom stereocenters. The summed E-state index contributed by atoms with van der Waals surface area (Å²) in [6.45, 7) is 2.19. The maximum atomic E-state index is 12.3. The average molecular weight is 251 g/mol. The number of hydrogen-bond donors (Lipinski definition) is 1. The number of nitrogens with zero attached hydrogens (tertiary/aromatic N) is 2. The fourth-order valence-corrected chi connectivity index (χ4v) is 3.39. The molecule has 0 radical (unpaired) electrons. The summed E-state index contributed by atoms with van der Waals surface area (Å²) in [5.74, 6) is 0. The van der Waals surface area contributed by atoms with Crippen LogP contribution in [0.3, 0.4) is 0 Å². The zero-order valence-electron chi connectivity index (χ0n) is 9.26. The number of rotatable bonds is 2. The highest BCUT2D eigenvalue weighted by Crippen LogP contribution is 2.19. The first kappa shape index (κ1) is 12.0. The quantitative estimate of drug-likeness (QED) is 0.812.